The highest BCUT2D eigenvalue weighted by Gasteiger charge is 2.13. The molecule has 0 unspecified atom stereocenters. The van der Waals surface area contributed by atoms with Crippen LogP contribution in [0.1, 0.15) is 0 Å². The summed E-state index contributed by atoms with van der Waals surface area (Å²) in [7, 11) is 0. The van der Waals surface area contributed by atoms with E-state index in [-0.39, 0.29) is 11.7 Å². The fraction of sp³-hybridized carbons (Fsp3) is 0.200. The zero-order valence-electron chi connectivity index (χ0n) is 11.1. The summed E-state index contributed by atoms with van der Waals surface area (Å²) in [6.07, 6.45) is 3.40. The predicted octanol–water partition coefficient (Wildman–Crippen LogP) is 3.12. The molecular formula is C15H16N2O2S. The molecule has 1 heterocycles. The number of para-hydroxylation sites is 2. The van der Waals surface area contributed by atoms with E-state index >= 15 is 0 Å². The molecule has 0 bridgehead atoms. The van der Waals surface area contributed by atoms with E-state index in [1.807, 2.05) is 24.3 Å². The second-order valence-corrected chi connectivity index (χ2v) is 5.04. The normalized spacial score (nSPS) is 10.4. The SMILES string of the molecule is C=CCN(CC=C)C(=O)CSc1nc2ccccc2o1. The molecule has 0 saturated carbocycles. The highest BCUT2D eigenvalue weighted by atomic mass is 32.2. The number of carbonyl (C=O) groups excluding carboxylic acids is 1. The average Bonchev–Trinajstić information content (AvgIpc) is 2.87. The van der Waals surface area contributed by atoms with Crippen LogP contribution >= 0.6 is 11.8 Å². The molecule has 0 fully saturated rings. The molecule has 1 amide bonds. The fourth-order valence-corrected chi connectivity index (χ4v) is 2.46. The molecule has 1 aromatic carbocycles. The number of hydrogen-bond acceptors (Lipinski definition) is 4. The zero-order chi connectivity index (χ0) is 14.4. The Morgan fingerprint density at radius 1 is 1.30 bits per heavy atom. The molecule has 2 rings (SSSR count). The lowest BCUT2D eigenvalue weighted by Gasteiger charge is -2.18. The molecule has 2 aromatic rings. The Labute approximate surface area is 122 Å². The minimum Gasteiger partial charge on any atom is -0.431 e. The first-order valence-corrected chi connectivity index (χ1v) is 7.21. The van der Waals surface area contributed by atoms with Gasteiger partial charge in [-0.1, -0.05) is 36.0 Å². The van der Waals surface area contributed by atoms with E-state index in [1.165, 1.54) is 11.8 Å². The number of rotatable bonds is 7. The maximum absolute atomic E-state index is 12.1. The number of aromatic nitrogens is 1. The van der Waals surface area contributed by atoms with E-state index in [0.29, 0.717) is 18.3 Å². The number of thioether (sulfide) groups is 1. The van der Waals surface area contributed by atoms with Crippen molar-refractivity contribution in [1.82, 2.24) is 9.88 Å². The van der Waals surface area contributed by atoms with Crippen molar-refractivity contribution in [3.63, 3.8) is 0 Å². The van der Waals surface area contributed by atoms with E-state index in [4.69, 9.17) is 4.42 Å². The van der Waals surface area contributed by atoms with Gasteiger partial charge in [0.1, 0.15) is 5.52 Å². The summed E-state index contributed by atoms with van der Waals surface area (Å²) < 4.78 is 5.56. The molecule has 0 atom stereocenters. The smallest absolute Gasteiger partial charge is 0.257 e. The van der Waals surface area contributed by atoms with Crippen LogP contribution in [-0.2, 0) is 4.79 Å². The lowest BCUT2D eigenvalue weighted by atomic mass is 10.3. The van der Waals surface area contributed by atoms with Crippen molar-refractivity contribution in [3.8, 4) is 0 Å². The lowest BCUT2D eigenvalue weighted by molar-refractivity contribution is -0.127. The van der Waals surface area contributed by atoms with Gasteiger partial charge in [-0.2, -0.15) is 0 Å². The number of amides is 1. The summed E-state index contributed by atoms with van der Waals surface area (Å²) in [5.41, 5.74) is 1.54. The molecule has 0 N–H and O–H groups in total. The molecule has 0 spiro atoms. The summed E-state index contributed by atoms with van der Waals surface area (Å²) in [5.74, 6) is 0.297. The van der Waals surface area contributed by atoms with Crippen LogP contribution in [0.4, 0.5) is 0 Å². The second kappa shape index (κ2) is 6.96. The molecule has 0 saturated heterocycles. The summed E-state index contributed by atoms with van der Waals surface area (Å²) in [4.78, 5) is 18.0. The quantitative estimate of drug-likeness (QED) is 0.580. The molecule has 0 aliphatic rings. The van der Waals surface area contributed by atoms with Crippen LogP contribution in [0.25, 0.3) is 11.1 Å². The van der Waals surface area contributed by atoms with Gasteiger partial charge in [-0.3, -0.25) is 4.79 Å². The number of oxazole rings is 1. The summed E-state index contributed by atoms with van der Waals surface area (Å²) in [6, 6.07) is 7.53. The van der Waals surface area contributed by atoms with Crippen LogP contribution in [-0.4, -0.2) is 34.6 Å². The Morgan fingerprint density at radius 3 is 2.65 bits per heavy atom. The number of benzene rings is 1. The second-order valence-electron chi connectivity index (χ2n) is 4.11. The molecule has 104 valence electrons. The van der Waals surface area contributed by atoms with E-state index in [1.54, 1.807) is 17.1 Å². The van der Waals surface area contributed by atoms with Gasteiger partial charge in [0, 0.05) is 13.1 Å². The first-order chi connectivity index (χ1) is 9.74. The summed E-state index contributed by atoms with van der Waals surface area (Å²) >= 11 is 1.30. The van der Waals surface area contributed by atoms with Gasteiger partial charge in [0.2, 0.25) is 5.91 Å². The standard InChI is InChI=1S/C15H16N2O2S/c1-3-9-17(10-4-2)14(18)11-20-15-16-12-7-5-6-8-13(12)19-15/h3-8H,1-2,9-11H2. The third kappa shape index (κ3) is 3.51. The average molecular weight is 288 g/mol. The van der Waals surface area contributed by atoms with Crippen LogP contribution < -0.4 is 0 Å². The van der Waals surface area contributed by atoms with Crippen molar-refractivity contribution >= 4 is 28.8 Å². The lowest BCUT2D eigenvalue weighted by Crippen LogP contribution is -2.32. The third-order valence-corrected chi connectivity index (χ3v) is 3.46. The molecule has 1 aromatic heterocycles. The molecule has 0 aliphatic carbocycles. The van der Waals surface area contributed by atoms with Crippen molar-refractivity contribution < 1.29 is 9.21 Å². The highest BCUT2D eigenvalue weighted by molar-refractivity contribution is 7.99. The maximum atomic E-state index is 12.1. The van der Waals surface area contributed by atoms with Gasteiger partial charge in [0.15, 0.2) is 5.58 Å². The third-order valence-electron chi connectivity index (χ3n) is 2.65. The Hall–Kier alpha value is -2.01. The van der Waals surface area contributed by atoms with Gasteiger partial charge >= 0.3 is 0 Å². The van der Waals surface area contributed by atoms with Crippen molar-refractivity contribution in [2.24, 2.45) is 0 Å². The Kier molecular flexibility index (Phi) is 5.01. The summed E-state index contributed by atoms with van der Waals surface area (Å²) in [6.45, 7) is 8.32. The van der Waals surface area contributed by atoms with Crippen LogP contribution in [0.15, 0.2) is 59.2 Å². The molecule has 4 nitrogen and oxygen atoms in total. The van der Waals surface area contributed by atoms with Gasteiger partial charge in [0.05, 0.1) is 5.75 Å². The Balaban J connectivity index is 1.98. The molecule has 5 heteroatoms. The van der Waals surface area contributed by atoms with Crippen molar-refractivity contribution in [2.45, 2.75) is 5.22 Å². The van der Waals surface area contributed by atoms with Gasteiger partial charge < -0.3 is 9.32 Å². The molecule has 20 heavy (non-hydrogen) atoms. The number of hydrogen-bond donors (Lipinski definition) is 0. The minimum atomic E-state index is 0.0112. The molecular weight excluding hydrogens is 272 g/mol. The summed E-state index contributed by atoms with van der Waals surface area (Å²) in [5, 5.41) is 0.511. The fourth-order valence-electron chi connectivity index (χ4n) is 1.72. The number of carbonyl (C=O) groups is 1. The zero-order valence-corrected chi connectivity index (χ0v) is 11.9. The van der Waals surface area contributed by atoms with Crippen molar-refractivity contribution in [2.75, 3.05) is 18.8 Å². The van der Waals surface area contributed by atoms with Crippen molar-refractivity contribution in [1.29, 1.82) is 0 Å². The van der Waals surface area contributed by atoms with Crippen LogP contribution in [0.3, 0.4) is 0 Å². The van der Waals surface area contributed by atoms with E-state index in [0.717, 1.165) is 11.1 Å². The van der Waals surface area contributed by atoms with E-state index < -0.39 is 0 Å². The van der Waals surface area contributed by atoms with E-state index in [9.17, 15) is 4.79 Å². The topological polar surface area (TPSA) is 46.3 Å². The Bertz CT molecular complexity index is 578. The maximum Gasteiger partial charge on any atom is 0.257 e. The predicted molar refractivity (Wildman–Crippen MR) is 81.7 cm³/mol. The minimum absolute atomic E-state index is 0.0112. The first-order valence-electron chi connectivity index (χ1n) is 6.22. The van der Waals surface area contributed by atoms with E-state index in [2.05, 4.69) is 18.1 Å². The molecule has 0 aliphatic heterocycles. The number of fused-ring (bicyclic) bond motifs is 1. The van der Waals surface area contributed by atoms with Crippen LogP contribution in [0.2, 0.25) is 0 Å². The first kappa shape index (κ1) is 14.4. The van der Waals surface area contributed by atoms with Gasteiger partial charge in [-0.15, -0.1) is 13.2 Å². The van der Waals surface area contributed by atoms with Crippen molar-refractivity contribution in [3.05, 3.63) is 49.6 Å². The van der Waals surface area contributed by atoms with Crippen LogP contribution in [0, 0.1) is 0 Å². The monoisotopic (exact) mass is 288 g/mol. The highest BCUT2D eigenvalue weighted by Crippen LogP contribution is 2.23. The molecule has 0 radical (unpaired) electrons. The Morgan fingerprint density at radius 2 is 2.00 bits per heavy atom. The van der Waals surface area contributed by atoms with Gasteiger partial charge in [-0.05, 0) is 12.1 Å². The van der Waals surface area contributed by atoms with Gasteiger partial charge in [0.25, 0.3) is 5.22 Å². The largest absolute Gasteiger partial charge is 0.431 e. The van der Waals surface area contributed by atoms with Gasteiger partial charge in [-0.25, -0.2) is 4.98 Å². The number of nitrogens with zero attached hydrogens (tertiary/aromatic N) is 2. The van der Waals surface area contributed by atoms with Crippen LogP contribution in [0.5, 0.6) is 0 Å².